The van der Waals surface area contributed by atoms with Crippen molar-refractivity contribution < 1.29 is 14.6 Å². The molecule has 0 aliphatic carbocycles. The Labute approximate surface area is 107 Å². The molecule has 1 heterocycles. The van der Waals surface area contributed by atoms with E-state index in [1.165, 1.54) is 0 Å². The summed E-state index contributed by atoms with van der Waals surface area (Å²) in [5.74, 6) is -0.901. The van der Waals surface area contributed by atoms with E-state index in [4.69, 9.17) is 16.3 Å². The van der Waals surface area contributed by atoms with Gasteiger partial charge in [-0.25, -0.2) is 4.79 Å². The van der Waals surface area contributed by atoms with Crippen LogP contribution in [0.3, 0.4) is 0 Å². The van der Waals surface area contributed by atoms with E-state index >= 15 is 0 Å². The van der Waals surface area contributed by atoms with Gasteiger partial charge in [0.05, 0.1) is 11.5 Å². The van der Waals surface area contributed by atoms with Crippen LogP contribution >= 0.6 is 11.6 Å². The van der Waals surface area contributed by atoms with Crippen LogP contribution in [0.5, 0.6) is 0 Å². The number of carboxylic acids is 1. The fourth-order valence-electron chi connectivity index (χ4n) is 2.22. The normalized spacial score (nSPS) is 28.1. The molecular formula is C12H20ClNO3. The molecule has 1 saturated heterocycles. The fraction of sp³-hybridized carbons (Fsp3) is 0.750. The molecule has 2 unspecified atom stereocenters. The number of hydrogen-bond acceptors (Lipinski definition) is 3. The largest absolute Gasteiger partial charge is 0.480 e. The monoisotopic (exact) mass is 261 g/mol. The SMILES string of the molecule is C=C1CCNC1(C[C@@H](OC)C(Cl)CC)C(=O)O. The zero-order chi connectivity index (χ0) is 13.1. The number of nitrogens with one attached hydrogen (secondary N) is 1. The molecule has 4 nitrogen and oxygen atoms in total. The molecule has 0 aromatic heterocycles. The first kappa shape index (κ1) is 14.5. The van der Waals surface area contributed by atoms with Gasteiger partial charge < -0.3 is 9.84 Å². The Hall–Kier alpha value is -0.580. The molecule has 1 fully saturated rings. The molecule has 1 aliphatic heterocycles. The maximum Gasteiger partial charge on any atom is 0.328 e. The predicted octanol–water partition coefficient (Wildman–Crippen LogP) is 1.78. The maximum atomic E-state index is 11.5. The van der Waals surface area contributed by atoms with Crippen LogP contribution in [-0.2, 0) is 9.53 Å². The number of methoxy groups -OCH3 is 1. The van der Waals surface area contributed by atoms with E-state index in [1.54, 1.807) is 7.11 Å². The van der Waals surface area contributed by atoms with Crippen LogP contribution < -0.4 is 5.32 Å². The summed E-state index contributed by atoms with van der Waals surface area (Å²) in [4.78, 5) is 11.5. The van der Waals surface area contributed by atoms with Crippen molar-refractivity contribution in [3.63, 3.8) is 0 Å². The highest BCUT2D eigenvalue weighted by molar-refractivity contribution is 6.21. The zero-order valence-corrected chi connectivity index (χ0v) is 11.1. The Balaban J connectivity index is 2.86. The van der Waals surface area contributed by atoms with Gasteiger partial charge in [0.1, 0.15) is 5.54 Å². The Morgan fingerprint density at radius 3 is 2.76 bits per heavy atom. The van der Waals surface area contributed by atoms with Crippen molar-refractivity contribution in [1.29, 1.82) is 0 Å². The number of aliphatic carboxylic acids is 1. The lowest BCUT2D eigenvalue weighted by Gasteiger charge is -2.31. The second kappa shape index (κ2) is 5.85. The van der Waals surface area contributed by atoms with Gasteiger partial charge in [0.25, 0.3) is 0 Å². The first-order valence-corrected chi connectivity index (χ1v) is 6.25. The van der Waals surface area contributed by atoms with E-state index in [-0.39, 0.29) is 11.5 Å². The van der Waals surface area contributed by atoms with Crippen molar-refractivity contribution in [3.8, 4) is 0 Å². The molecule has 0 amide bonds. The van der Waals surface area contributed by atoms with Gasteiger partial charge in [-0.1, -0.05) is 13.5 Å². The molecule has 2 N–H and O–H groups in total. The van der Waals surface area contributed by atoms with Crippen molar-refractivity contribution in [2.45, 2.75) is 43.2 Å². The summed E-state index contributed by atoms with van der Waals surface area (Å²) in [5.41, 5.74) is -0.379. The van der Waals surface area contributed by atoms with Crippen LogP contribution in [0.15, 0.2) is 12.2 Å². The minimum Gasteiger partial charge on any atom is -0.480 e. The van der Waals surface area contributed by atoms with Gasteiger partial charge in [0.15, 0.2) is 0 Å². The molecule has 3 atom stereocenters. The maximum absolute atomic E-state index is 11.5. The molecule has 0 saturated carbocycles. The predicted molar refractivity (Wildman–Crippen MR) is 67.5 cm³/mol. The highest BCUT2D eigenvalue weighted by atomic mass is 35.5. The smallest absolute Gasteiger partial charge is 0.328 e. The summed E-state index contributed by atoms with van der Waals surface area (Å²) in [6, 6.07) is 0. The van der Waals surface area contributed by atoms with E-state index in [9.17, 15) is 9.90 Å². The van der Waals surface area contributed by atoms with Gasteiger partial charge in [0, 0.05) is 20.1 Å². The minimum absolute atomic E-state index is 0.188. The summed E-state index contributed by atoms with van der Waals surface area (Å²) in [6.45, 7) is 6.45. The zero-order valence-electron chi connectivity index (χ0n) is 10.3. The Bertz CT molecular complexity index is 308. The second-order valence-electron chi connectivity index (χ2n) is 4.39. The number of carboxylic acid groups (broad SMARTS) is 1. The summed E-state index contributed by atoms with van der Waals surface area (Å²) < 4.78 is 5.31. The van der Waals surface area contributed by atoms with Crippen molar-refractivity contribution in [2.75, 3.05) is 13.7 Å². The molecule has 0 spiro atoms. The third-order valence-corrected chi connectivity index (χ3v) is 4.02. The summed E-state index contributed by atoms with van der Waals surface area (Å²) >= 11 is 6.15. The molecule has 0 bridgehead atoms. The molecule has 0 aromatic carbocycles. The summed E-state index contributed by atoms with van der Waals surface area (Å²) in [6.07, 6.45) is 1.45. The van der Waals surface area contributed by atoms with Crippen LogP contribution in [-0.4, -0.2) is 41.8 Å². The van der Waals surface area contributed by atoms with Crippen LogP contribution in [0.2, 0.25) is 0 Å². The summed E-state index contributed by atoms with van der Waals surface area (Å²) in [7, 11) is 1.56. The van der Waals surface area contributed by atoms with E-state index in [0.29, 0.717) is 25.0 Å². The fourth-order valence-corrected chi connectivity index (χ4v) is 2.41. The number of hydrogen-bond donors (Lipinski definition) is 2. The minimum atomic E-state index is -1.08. The average Bonchev–Trinajstić information content (AvgIpc) is 2.67. The number of rotatable bonds is 6. The summed E-state index contributed by atoms with van der Waals surface area (Å²) in [5, 5.41) is 12.2. The van der Waals surface area contributed by atoms with Crippen molar-refractivity contribution >= 4 is 17.6 Å². The third kappa shape index (κ3) is 2.81. The van der Waals surface area contributed by atoms with Gasteiger partial charge >= 0.3 is 5.97 Å². The first-order valence-electron chi connectivity index (χ1n) is 5.81. The molecule has 0 aromatic rings. The molecule has 1 aliphatic rings. The number of alkyl halides is 1. The van der Waals surface area contributed by atoms with Gasteiger partial charge in [0.2, 0.25) is 0 Å². The van der Waals surface area contributed by atoms with E-state index in [1.807, 2.05) is 6.92 Å². The average molecular weight is 262 g/mol. The lowest BCUT2D eigenvalue weighted by atomic mass is 9.85. The van der Waals surface area contributed by atoms with Crippen molar-refractivity contribution in [3.05, 3.63) is 12.2 Å². The Morgan fingerprint density at radius 1 is 1.76 bits per heavy atom. The van der Waals surface area contributed by atoms with E-state index < -0.39 is 11.5 Å². The van der Waals surface area contributed by atoms with Gasteiger partial charge in [-0.15, -0.1) is 11.6 Å². The van der Waals surface area contributed by atoms with Gasteiger partial charge in [-0.3, -0.25) is 5.32 Å². The second-order valence-corrected chi connectivity index (χ2v) is 4.95. The highest BCUT2D eigenvalue weighted by Gasteiger charge is 2.46. The van der Waals surface area contributed by atoms with E-state index in [2.05, 4.69) is 11.9 Å². The number of ether oxygens (including phenoxy) is 1. The quantitative estimate of drug-likeness (QED) is 0.565. The number of halogens is 1. The topological polar surface area (TPSA) is 58.6 Å². The van der Waals surface area contributed by atoms with Crippen LogP contribution in [0, 0.1) is 0 Å². The molecule has 1 rings (SSSR count). The first-order chi connectivity index (χ1) is 7.97. The lowest BCUT2D eigenvalue weighted by Crippen LogP contribution is -2.52. The molecule has 17 heavy (non-hydrogen) atoms. The Kier molecular flexibility index (Phi) is 4.98. The lowest BCUT2D eigenvalue weighted by molar-refractivity contribution is -0.144. The highest BCUT2D eigenvalue weighted by Crippen LogP contribution is 2.32. The molecule has 5 heteroatoms. The van der Waals surface area contributed by atoms with Crippen LogP contribution in [0.1, 0.15) is 26.2 Å². The molecule has 98 valence electrons. The van der Waals surface area contributed by atoms with Crippen LogP contribution in [0.25, 0.3) is 0 Å². The molecule has 0 radical (unpaired) electrons. The molecular weight excluding hydrogens is 242 g/mol. The van der Waals surface area contributed by atoms with Gasteiger partial charge in [-0.05, 0) is 18.4 Å². The van der Waals surface area contributed by atoms with Crippen LogP contribution in [0.4, 0.5) is 0 Å². The van der Waals surface area contributed by atoms with E-state index in [0.717, 1.165) is 6.42 Å². The standard InChI is InChI=1S/C12H20ClNO3/c1-4-9(13)10(17-3)7-12(11(15)16)8(2)5-6-14-12/h9-10,14H,2,4-7H2,1,3H3,(H,15,16)/t9?,10-,12?/m1/s1. The number of carbonyl (C=O) groups is 1. The van der Waals surface area contributed by atoms with Crippen molar-refractivity contribution in [1.82, 2.24) is 5.32 Å². The Morgan fingerprint density at radius 2 is 2.41 bits per heavy atom. The van der Waals surface area contributed by atoms with Crippen molar-refractivity contribution in [2.24, 2.45) is 0 Å². The third-order valence-electron chi connectivity index (χ3n) is 3.43. The van der Waals surface area contributed by atoms with Gasteiger partial charge in [-0.2, -0.15) is 0 Å².